The van der Waals surface area contributed by atoms with E-state index in [2.05, 4.69) is 36.3 Å². The summed E-state index contributed by atoms with van der Waals surface area (Å²) in [6.45, 7) is 10.1. The molecule has 8 heteroatoms. The monoisotopic (exact) mass is 398 g/mol. The van der Waals surface area contributed by atoms with Crippen LogP contribution in [0.4, 0.5) is 11.4 Å². The minimum absolute atomic E-state index is 0. The van der Waals surface area contributed by atoms with E-state index in [1.807, 2.05) is 0 Å². The number of hydrogen-bond acceptors (Lipinski definition) is 5. The van der Waals surface area contributed by atoms with E-state index in [0.717, 1.165) is 32.5 Å². The number of rotatable bonds is 8. The van der Waals surface area contributed by atoms with Crippen molar-refractivity contribution in [3.05, 3.63) is 33.9 Å². The molecule has 0 bridgehead atoms. The van der Waals surface area contributed by atoms with Gasteiger partial charge in [-0.1, -0.05) is 20.8 Å². The van der Waals surface area contributed by atoms with Gasteiger partial charge in [-0.15, -0.1) is 12.4 Å². The zero-order valence-electron chi connectivity index (χ0n) is 16.4. The van der Waals surface area contributed by atoms with Crippen LogP contribution in [-0.4, -0.2) is 43.6 Å². The molecule has 2 N–H and O–H groups in total. The smallest absolute Gasteiger partial charge is 0.293 e. The molecular weight excluding hydrogens is 368 g/mol. The zero-order valence-corrected chi connectivity index (χ0v) is 17.2. The quantitative estimate of drug-likeness (QED) is 0.398. The van der Waals surface area contributed by atoms with Gasteiger partial charge in [-0.05, 0) is 43.4 Å². The van der Waals surface area contributed by atoms with Crippen LogP contribution >= 0.6 is 12.4 Å². The lowest BCUT2D eigenvalue weighted by molar-refractivity contribution is -0.384. The molecule has 1 aromatic carbocycles. The maximum atomic E-state index is 12.3. The van der Waals surface area contributed by atoms with Crippen LogP contribution in [-0.2, 0) is 0 Å². The van der Waals surface area contributed by atoms with Crippen molar-refractivity contribution in [3.63, 3.8) is 0 Å². The molecule has 1 saturated heterocycles. The van der Waals surface area contributed by atoms with Crippen LogP contribution in [0.5, 0.6) is 0 Å². The van der Waals surface area contributed by atoms with Crippen molar-refractivity contribution in [2.45, 2.75) is 33.6 Å². The molecule has 1 amide bonds. The number of piperidine rings is 1. The van der Waals surface area contributed by atoms with E-state index in [4.69, 9.17) is 0 Å². The normalized spacial score (nSPS) is 19.3. The van der Waals surface area contributed by atoms with Gasteiger partial charge in [0.05, 0.1) is 4.92 Å². The minimum atomic E-state index is -0.390. The summed E-state index contributed by atoms with van der Waals surface area (Å²) >= 11 is 0. The number of hydrogen-bond donors (Lipinski definition) is 2. The number of carbonyl (C=O) groups is 1. The molecule has 0 aromatic heterocycles. The predicted octanol–water partition coefficient (Wildman–Crippen LogP) is 3.23. The SMILES string of the molecule is CCCNCCNC(=O)c1ccc(N2CC(C)CC(C)C2)c([N+](=O)[O-])c1.Cl. The van der Waals surface area contributed by atoms with Gasteiger partial charge in [-0.2, -0.15) is 0 Å². The molecule has 1 aliphatic heterocycles. The van der Waals surface area contributed by atoms with Gasteiger partial charge in [0.2, 0.25) is 0 Å². The summed E-state index contributed by atoms with van der Waals surface area (Å²) in [5.41, 5.74) is 0.937. The lowest BCUT2D eigenvalue weighted by Crippen LogP contribution is -2.39. The lowest BCUT2D eigenvalue weighted by atomic mass is 9.91. The van der Waals surface area contributed by atoms with Gasteiger partial charge in [0, 0.05) is 37.8 Å². The summed E-state index contributed by atoms with van der Waals surface area (Å²) in [6.07, 6.45) is 2.17. The van der Waals surface area contributed by atoms with Gasteiger partial charge >= 0.3 is 0 Å². The Hall–Kier alpha value is -1.86. The van der Waals surface area contributed by atoms with E-state index in [0.29, 0.717) is 36.2 Å². The van der Waals surface area contributed by atoms with Crippen molar-refractivity contribution in [1.82, 2.24) is 10.6 Å². The second-order valence-electron chi connectivity index (χ2n) is 7.32. The Balaban J connectivity index is 0.00000364. The summed E-state index contributed by atoms with van der Waals surface area (Å²) in [4.78, 5) is 25.5. The van der Waals surface area contributed by atoms with E-state index in [1.54, 1.807) is 12.1 Å². The molecule has 0 radical (unpaired) electrons. The highest BCUT2D eigenvalue weighted by molar-refractivity contribution is 5.95. The largest absolute Gasteiger partial charge is 0.365 e. The molecule has 0 spiro atoms. The van der Waals surface area contributed by atoms with Crippen molar-refractivity contribution in [1.29, 1.82) is 0 Å². The highest BCUT2D eigenvalue weighted by Gasteiger charge is 2.27. The molecule has 1 fully saturated rings. The number of anilines is 1. The first-order valence-corrected chi connectivity index (χ1v) is 9.44. The molecule has 2 unspecified atom stereocenters. The standard InChI is InChI=1S/C19H30N4O3.ClH/c1-4-7-20-8-9-21-19(24)16-5-6-17(18(11-16)23(25)26)22-12-14(2)10-15(3)13-22;/h5-6,11,14-15,20H,4,7-10,12-13H2,1-3H3,(H,21,24);1H. The molecule has 0 aliphatic carbocycles. The first-order chi connectivity index (χ1) is 12.4. The van der Waals surface area contributed by atoms with Crippen LogP contribution in [0.1, 0.15) is 44.0 Å². The molecule has 27 heavy (non-hydrogen) atoms. The van der Waals surface area contributed by atoms with E-state index in [1.165, 1.54) is 6.07 Å². The Kier molecular flexibility index (Phi) is 9.52. The average Bonchev–Trinajstić information content (AvgIpc) is 2.60. The first-order valence-electron chi connectivity index (χ1n) is 9.44. The maximum Gasteiger partial charge on any atom is 0.293 e. The van der Waals surface area contributed by atoms with Crippen molar-refractivity contribution in [2.24, 2.45) is 11.8 Å². The molecular formula is C19H31ClN4O3. The van der Waals surface area contributed by atoms with E-state index in [9.17, 15) is 14.9 Å². The molecule has 7 nitrogen and oxygen atoms in total. The van der Waals surface area contributed by atoms with E-state index < -0.39 is 4.92 Å². The third-order valence-electron chi connectivity index (χ3n) is 4.66. The summed E-state index contributed by atoms with van der Waals surface area (Å²) in [7, 11) is 0. The van der Waals surface area contributed by atoms with Gasteiger partial charge < -0.3 is 15.5 Å². The number of benzene rings is 1. The van der Waals surface area contributed by atoms with Crippen molar-refractivity contribution in [2.75, 3.05) is 37.6 Å². The minimum Gasteiger partial charge on any atom is -0.365 e. The third-order valence-corrected chi connectivity index (χ3v) is 4.66. The van der Waals surface area contributed by atoms with Crippen LogP contribution in [0.3, 0.4) is 0 Å². The van der Waals surface area contributed by atoms with E-state index in [-0.39, 0.29) is 24.0 Å². The Bertz CT molecular complexity index is 631. The summed E-state index contributed by atoms with van der Waals surface area (Å²) in [5.74, 6) is 0.715. The van der Waals surface area contributed by atoms with Crippen LogP contribution < -0.4 is 15.5 Å². The number of halogens is 1. The van der Waals surface area contributed by atoms with Gasteiger partial charge in [0.25, 0.3) is 11.6 Å². The Morgan fingerprint density at radius 1 is 1.22 bits per heavy atom. The molecule has 2 atom stereocenters. The average molecular weight is 399 g/mol. The van der Waals surface area contributed by atoms with Gasteiger partial charge in [-0.25, -0.2) is 0 Å². The predicted molar refractivity (Wildman–Crippen MR) is 111 cm³/mol. The Morgan fingerprint density at radius 3 is 2.48 bits per heavy atom. The van der Waals surface area contributed by atoms with Crippen LogP contribution in [0.2, 0.25) is 0 Å². The van der Waals surface area contributed by atoms with Crippen LogP contribution in [0.15, 0.2) is 18.2 Å². The fourth-order valence-corrected chi connectivity index (χ4v) is 3.61. The van der Waals surface area contributed by atoms with Crippen molar-refractivity contribution >= 4 is 29.7 Å². The highest BCUT2D eigenvalue weighted by atomic mass is 35.5. The summed E-state index contributed by atoms with van der Waals surface area (Å²) in [6, 6.07) is 4.79. The summed E-state index contributed by atoms with van der Waals surface area (Å²) < 4.78 is 0. The second kappa shape index (κ2) is 11.1. The van der Waals surface area contributed by atoms with Crippen molar-refractivity contribution in [3.8, 4) is 0 Å². The third kappa shape index (κ3) is 6.66. The van der Waals surface area contributed by atoms with E-state index >= 15 is 0 Å². The molecule has 152 valence electrons. The molecule has 1 heterocycles. The molecule has 0 saturated carbocycles. The van der Waals surface area contributed by atoms with Crippen molar-refractivity contribution < 1.29 is 9.72 Å². The number of nitrogens with one attached hydrogen (secondary N) is 2. The van der Waals surface area contributed by atoms with Gasteiger partial charge in [0.1, 0.15) is 5.69 Å². The number of amides is 1. The van der Waals surface area contributed by atoms with Gasteiger partial charge in [-0.3, -0.25) is 14.9 Å². The van der Waals surface area contributed by atoms with Crippen LogP contribution in [0, 0.1) is 22.0 Å². The fraction of sp³-hybridized carbons (Fsp3) is 0.632. The number of nitro groups is 1. The molecule has 1 aliphatic rings. The molecule has 2 rings (SSSR count). The second-order valence-corrected chi connectivity index (χ2v) is 7.32. The fourth-order valence-electron chi connectivity index (χ4n) is 3.61. The highest BCUT2D eigenvalue weighted by Crippen LogP contribution is 2.33. The topological polar surface area (TPSA) is 87.5 Å². The van der Waals surface area contributed by atoms with Gasteiger partial charge in [0.15, 0.2) is 0 Å². The zero-order chi connectivity index (χ0) is 19.1. The number of carbonyl (C=O) groups excluding carboxylic acids is 1. The lowest BCUT2D eigenvalue weighted by Gasteiger charge is -2.36. The number of nitrogens with zero attached hydrogens (tertiary/aromatic N) is 2. The summed E-state index contributed by atoms with van der Waals surface area (Å²) in [5, 5.41) is 17.6. The number of nitro benzene ring substituents is 1. The Morgan fingerprint density at radius 2 is 1.89 bits per heavy atom. The van der Waals surface area contributed by atoms with Crippen LogP contribution in [0.25, 0.3) is 0 Å². The Labute approximate surface area is 167 Å². The first kappa shape index (κ1) is 23.2. The maximum absolute atomic E-state index is 12.3. The molecule has 1 aromatic rings.